The number of carbonyl (C=O) groups is 5. The molecule has 1 aromatic rings. The number of likely N-dealkylation sites (tertiary alicyclic amines) is 1. The zero-order valence-electron chi connectivity index (χ0n) is 32.8. The van der Waals surface area contributed by atoms with Crippen molar-refractivity contribution in [1.29, 1.82) is 0 Å². The largest absolute Gasteiger partial charge is 0.394 e. The van der Waals surface area contributed by atoms with E-state index in [2.05, 4.69) is 10.6 Å². The second-order valence-corrected chi connectivity index (χ2v) is 14.6. The first-order valence-electron chi connectivity index (χ1n) is 18.4. The predicted octanol–water partition coefficient (Wildman–Crippen LogP) is 1.18. The van der Waals surface area contributed by atoms with Gasteiger partial charge in [-0.3, -0.25) is 28.9 Å². The topological polar surface area (TPSA) is 184 Å². The lowest BCUT2D eigenvalue weighted by Crippen LogP contribution is -2.59. The lowest BCUT2D eigenvalue weighted by atomic mass is 9.89. The highest BCUT2D eigenvalue weighted by Crippen LogP contribution is 2.29. The highest BCUT2D eigenvalue weighted by Gasteiger charge is 2.43. The van der Waals surface area contributed by atoms with Crippen LogP contribution in [0.3, 0.4) is 0 Å². The average Bonchev–Trinajstić information content (AvgIpc) is 3.59. The van der Waals surface area contributed by atoms with Gasteiger partial charge >= 0.3 is 0 Å². The molecule has 294 valence electrons. The molecule has 0 saturated carbocycles. The number of hydrogen-bond donors (Lipinski definition) is 4. The number of nitrogens with one attached hydrogen (secondary N) is 2. The Morgan fingerprint density at radius 2 is 1.62 bits per heavy atom. The third kappa shape index (κ3) is 11.7. The molecule has 8 unspecified atom stereocenters. The normalized spacial score (nSPS) is 19.2. The van der Waals surface area contributed by atoms with E-state index in [-0.39, 0.29) is 36.5 Å². The third-order valence-corrected chi connectivity index (χ3v) is 10.5. The Morgan fingerprint density at radius 1 is 0.981 bits per heavy atom. The number of hydrogen-bond acceptors (Lipinski definition) is 9. The zero-order chi connectivity index (χ0) is 39.3. The molecule has 5 amide bonds. The molecule has 52 heavy (non-hydrogen) atoms. The van der Waals surface area contributed by atoms with Gasteiger partial charge < -0.3 is 40.7 Å². The van der Waals surface area contributed by atoms with E-state index in [4.69, 9.17) is 15.2 Å². The van der Waals surface area contributed by atoms with Crippen molar-refractivity contribution in [3.05, 3.63) is 35.9 Å². The molecule has 1 saturated heterocycles. The Hall–Kier alpha value is -3.59. The smallest absolute Gasteiger partial charge is 0.245 e. The Balaban J connectivity index is 2.26. The van der Waals surface area contributed by atoms with Crippen LogP contribution in [0.2, 0.25) is 0 Å². The number of likely N-dealkylation sites (N-methyl/N-ethyl adjacent to an activating group) is 2. The number of methoxy groups -OCH3 is 2. The molecule has 14 heteroatoms. The van der Waals surface area contributed by atoms with E-state index >= 15 is 0 Å². The van der Waals surface area contributed by atoms with Gasteiger partial charge in [-0.2, -0.15) is 0 Å². The van der Waals surface area contributed by atoms with Crippen molar-refractivity contribution in [2.45, 2.75) is 109 Å². The third-order valence-electron chi connectivity index (χ3n) is 10.5. The fraction of sp³-hybridized carbons (Fsp3) is 0.711. The number of benzene rings is 1. The van der Waals surface area contributed by atoms with E-state index in [0.717, 1.165) is 5.56 Å². The van der Waals surface area contributed by atoms with Gasteiger partial charge in [0.15, 0.2) is 0 Å². The molecule has 0 radical (unpaired) electrons. The summed E-state index contributed by atoms with van der Waals surface area (Å²) in [7, 11) is 8.06. The van der Waals surface area contributed by atoms with Gasteiger partial charge in [-0.25, -0.2) is 0 Å². The van der Waals surface area contributed by atoms with Crippen molar-refractivity contribution in [1.82, 2.24) is 25.3 Å². The van der Waals surface area contributed by atoms with Gasteiger partial charge in [0.2, 0.25) is 29.5 Å². The molecule has 0 aliphatic carbocycles. The van der Waals surface area contributed by atoms with Crippen molar-refractivity contribution in [3.8, 4) is 0 Å². The monoisotopic (exact) mass is 732 g/mol. The molecule has 9 atom stereocenters. The van der Waals surface area contributed by atoms with E-state index < -0.39 is 72.7 Å². The maximum absolute atomic E-state index is 14.1. The molecule has 0 aromatic heterocycles. The second-order valence-electron chi connectivity index (χ2n) is 14.6. The predicted molar refractivity (Wildman–Crippen MR) is 199 cm³/mol. The number of nitrogens with zero attached hydrogens (tertiary/aromatic N) is 3. The van der Waals surface area contributed by atoms with Gasteiger partial charge in [-0.05, 0) is 44.3 Å². The van der Waals surface area contributed by atoms with Crippen LogP contribution in [0.15, 0.2) is 30.3 Å². The van der Waals surface area contributed by atoms with Crippen molar-refractivity contribution in [2.75, 3.05) is 48.5 Å². The SMILES string of the molecule is CCC(C)C(C(CC(=O)N1CCC[C@H]1C(OC)C(C)C(=O)NC(Cc1ccccc1)C(N)=O)OC)N(C)C(=O)C(NC(=O)C(CO)N(C)C)C(C)C. The number of aliphatic hydroxyl groups is 1. The number of carbonyl (C=O) groups excluding carboxylic acids is 5. The summed E-state index contributed by atoms with van der Waals surface area (Å²) in [5.74, 6) is -3.05. The Bertz CT molecular complexity index is 1310. The lowest BCUT2D eigenvalue weighted by Gasteiger charge is -2.41. The molecular formula is C38H64N6O8. The van der Waals surface area contributed by atoms with Crippen LogP contribution in [-0.2, 0) is 39.9 Å². The molecule has 1 heterocycles. The molecule has 1 fully saturated rings. The van der Waals surface area contributed by atoms with Crippen LogP contribution in [0.25, 0.3) is 0 Å². The molecule has 2 rings (SSSR count). The number of amides is 5. The van der Waals surface area contributed by atoms with Gasteiger partial charge in [0.25, 0.3) is 0 Å². The first-order valence-corrected chi connectivity index (χ1v) is 18.4. The number of ether oxygens (including phenoxy) is 2. The number of primary amides is 1. The minimum Gasteiger partial charge on any atom is -0.394 e. The average molecular weight is 733 g/mol. The fourth-order valence-corrected chi connectivity index (χ4v) is 7.14. The minimum atomic E-state index is -0.913. The summed E-state index contributed by atoms with van der Waals surface area (Å²) in [4.78, 5) is 71.9. The van der Waals surface area contributed by atoms with Crippen molar-refractivity contribution >= 4 is 29.5 Å². The van der Waals surface area contributed by atoms with E-state index in [9.17, 15) is 29.1 Å². The van der Waals surface area contributed by atoms with Crippen molar-refractivity contribution < 1.29 is 38.6 Å². The quantitative estimate of drug-likeness (QED) is 0.144. The molecule has 1 aliphatic heterocycles. The van der Waals surface area contributed by atoms with Crippen LogP contribution in [0.4, 0.5) is 0 Å². The highest BCUT2D eigenvalue weighted by atomic mass is 16.5. The Morgan fingerprint density at radius 3 is 2.12 bits per heavy atom. The van der Waals surface area contributed by atoms with Crippen LogP contribution < -0.4 is 16.4 Å². The standard InChI is InChI=1S/C38H64N6O8/c1-11-24(4)33(43(8)38(50)32(23(2)3)41-37(49)29(22-45)42(6)7)30(51-9)21-31(46)44-19-15-18-28(44)34(52-10)25(5)36(48)40-27(35(39)47)20-26-16-13-12-14-17-26/h12-14,16-17,23-25,27-30,32-34,45H,11,15,18-22H2,1-10H3,(H2,39,47)(H,40,48)(H,41,49)/t24?,25?,27?,28-,29?,30?,32?,33?,34?/m0/s1. The van der Waals surface area contributed by atoms with Gasteiger partial charge in [0.05, 0.1) is 43.2 Å². The van der Waals surface area contributed by atoms with Crippen molar-refractivity contribution in [3.63, 3.8) is 0 Å². The summed E-state index contributed by atoms with van der Waals surface area (Å²) in [5, 5.41) is 15.4. The highest BCUT2D eigenvalue weighted by molar-refractivity contribution is 5.90. The summed E-state index contributed by atoms with van der Waals surface area (Å²) in [5.41, 5.74) is 6.51. The molecule has 14 nitrogen and oxygen atoms in total. The molecular weight excluding hydrogens is 668 g/mol. The molecule has 5 N–H and O–H groups in total. The maximum atomic E-state index is 14.1. The van der Waals surface area contributed by atoms with Crippen LogP contribution in [0.5, 0.6) is 0 Å². The van der Waals surface area contributed by atoms with E-state index in [1.165, 1.54) is 14.2 Å². The summed E-state index contributed by atoms with van der Waals surface area (Å²) < 4.78 is 11.8. The molecule has 0 bridgehead atoms. The summed E-state index contributed by atoms with van der Waals surface area (Å²) in [6.45, 7) is 9.47. The first kappa shape index (κ1) is 44.6. The fourth-order valence-electron chi connectivity index (χ4n) is 7.14. The number of nitrogens with two attached hydrogens (primary N) is 1. The molecule has 1 aromatic carbocycles. The van der Waals surface area contributed by atoms with Gasteiger partial charge in [0, 0.05) is 34.2 Å². The van der Waals surface area contributed by atoms with Gasteiger partial charge in [-0.1, -0.05) is 71.4 Å². The maximum Gasteiger partial charge on any atom is 0.245 e. The Labute approximate surface area is 310 Å². The van der Waals surface area contributed by atoms with Crippen LogP contribution in [-0.4, -0.2) is 140 Å². The van der Waals surface area contributed by atoms with Crippen LogP contribution in [0.1, 0.15) is 65.9 Å². The minimum absolute atomic E-state index is 0.0244. The van der Waals surface area contributed by atoms with E-state index in [0.29, 0.717) is 25.8 Å². The van der Waals surface area contributed by atoms with Gasteiger partial charge in [0.1, 0.15) is 18.1 Å². The first-order chi connectivity index (χ1) is 24.5. The van der Waals surface area contributed by atoms with Crippen molar-refractivity contribution in [2.24, 2.45) is 23.5 Å². The summed E-state index contributed by atoms with van der Waals surface area (Å²) >= 11 is 0. The van der Waals surface area contributed by atoms with E-state index in [1.807, 2.05) is 58.0 Å². The zero-order valence-corrected chi connectivity index (χ0v) is 32.8. The Kier molecular flexibility index (Phi) is 18.2. The molecule has 0 spiro atoms. The van der Waals surface area contributed by atoms with Gasteiger partial charge in [-0.15, -0.1) is 0 Å². The van der Waals surface area contributed by atoms with Crippen LogP contribution >= 0.6 is 0 Å². The second kappa shape index (κ2) is 21.2. The summed E-state index contributed by atoms with van der Waals surface area (Å²) in [6, 6.07) is 5.77. The van der Waals surface area contributed by atoms with Crippen LogP contribution in [0, 0.1) is 17.8 Å². The van der Waals surface area contributed by atoms with E-state index in [1.54, 1.807) is 42.8 Å². The molecule has 1 aliphatic rings. The lowest BCUT2D eigenvalue weighted by molar-refractivity contribution is -0.148. The summed E-state index contributed by atoms with van der Waals surface area (Å²) in [6.07, 6.45) is 0.916. The number of aliphatic hydroxyl groups excluding tert-OH is 1. The number of rotatable bonds is 21.